The third-order valence-electron chi connectivity index (χ3n) is 3.54. The molecule has 2 aromatic rings. The number of halogens is 1. The summed E-state index contributed by atoms with van der Waals surface area (Å²) in [7, 11) is 0. The zero-order valence-electron chi connectivity index (χ0n) is 11.1. The lowest BCUT2D eigenvalue weighted by Gasteiger charge is -2.14. The van der Waals surface area contributed by atoms with Gasteiger partial charge < -0.3 is 11.1 Å². The van der Waals surface area contributed by atoms with Gasteiger partial charge in [0.1, 0.15) is 5.82 Å². The van der Waals surface area contributed by atoms with Crippen LogP contribution in [-0.4, -0.2) is 5.91 Å². The minimum Gasteiger partial charge on any atom is -0.326 e. The Bertz CT molecular complexity index is 677. The van der Waals surface area contributed by atoms with E-state index < -0.39 is 6.04 Å². The quantitative estimate of drug-likeness (QED) is 0.881. The smallest absolute Gasteiger partial charge is 0.228 e. The number of hydrogen-bond acceptors (Lipinski definition) is 2. The van der Waals surface area contributed by atoms with Crippen molar-refractivity contribution < 1.29 is 9.18 Å². The van der Waals surface area contributed by atoms with E-state index in [-0.39, 0.29) is 11.7 Å². The van der Waals surface area contributed by atoms with Crippen LogP contribution in [0.1, 0.15) is 28.3 Å². The Morgan fingerprint density at radius 1 is 1.20 bits per heavy atom. The van der Waals surface area contributed by atoms with Crippen molar-refractivity contribution in [2.24, 2.45) is 5.73 Å². The highest BCUT2D eigenvalue weighted by Gasteiger charge is 2.19. The Morgan fingerprint density at radius 3 is 2.75 bits per heavy atom. The van der Waals surface area contributed by atoms with Crippen molar-refractivity contribution >= 4 is 11.6 Å². The van der Waals surface area contributed by atoms with Crippen LogP contribution in [0.5, 0.6) is 0 Å². The van der Waals surface area contributed by atoms with Gasteiger partial charge in [-0.2, -0.15) is 0 Å². The second-order valence-corrected chi connectivity index (χ2v) is 5.18. The molecule has 1 aliphatic heterocycles. The summed E-state index contributed by atoms with van der Waals surface area (Å²) in [5.74, 6) is -0.291. The summed E-state index contributed by atoms with van der Waals surface area (Å²) in [6.07, 6.45) is 0.373. The van der Waals surface area contributed by atoms with E-state index >= 15 is 0 Å². The van der Waals surface area contributed by atoms with Crippen LogP contribution >= 0.6 is 0 Å². The van der Waals surface area contributed by atoms with Gasteiger partial charge in [0.25, 0.3) is 0 Å². The Balaban J connectivity index is 1.97. The number of nitrogens with two attached hydrogens (primary N) is 1. The number of nitrogens with one attached hydrogen (secondary N) is 1. The van der Waals surface area contributed by atoms with E-state index in [0.717, 1.165) is 27.9 Å². The lowest BCUT2D eigenvalue weighted by atomic mass is 9.96. The van der Waals surface area contributed by atoms with Crippen molar-refractivity contribution in [1.82, 2.24) is 0 Å². The van der Waals surface area contributed by atoms with Gasteiger partial charge in [0.15, 0.2) is 0 Å². The van der Waals surface area contributed by atoms with Gasteiger partial charge in [0.2, 0.25) is 5.91 Å². The summed E-state index contributed by atoms with van der Waals surface area (Å²) >= 11 is 0. The number of fused-ring (bicyclic) bond motifs is 1. The fraction of sp³-hybridized carbons (Fsp3) is 0.188. The third-order valence-corrected chi connectivity index (χ3v) is 3.54. The molecule has 3 N–H and O–H groups in total. The van der Waals surface area contributed by atoms with Gasteiger partial charge >= 0.3 is 0 Å². The molecule has 0 aliphatic carbocycles. The molecule has 0 aromatic heterocycles. The largest absolute Gasteiger partial charge is 0.326 e. The van der Waals surface area contributed by atoms with E-state index in [1.54, 1.807) is 0 Å². The van der Waals surface area contributed by atoms with Crippen LogP contribution in [0.2, 0.25) is 0 Å². The Hall–Kier alpha value is -2.20. The van der Waals surface area contributed by atoms with E-state index in [0.29, 0.717) is 6.42 Å². The monoisotopic (exact) mass is 270 g/mol. The normalized spacial score (nSPS) is 14.8. The van der Waals surface area contributed by atoms with Crippen molar-refractivity contribution in [3.63, 3.8) is 0 Å². The molecule has 20 heavy (non-hydrogen) atoms. The minimum absolute atomic E-state index is 0.00711. The van der Waals surface area contributed by atoms with Crippen LogP contribution < -0.4 is 11.1 Å². The highest BCUT2D eigenvalue weighted by atomic mass is 19.1. The third kappa shape index (κ3) is 2.30. The zero-order valence-corrected chi connectivity index (χ0v) is 11.1. The molecular weight excluding hydrogens is 255 g/mol. The standard InChI is InChI=1S/C16H15FN2O/c1-9-4-12(7-13(17)5-9)16(18)10-2-3-14-11(6-10)8-15(20)19-14/h2-7,16H,8,18H2,1H3,(H,19,20). The molecule has 0 bridgehead atoms. The number of benzene rings is 2. The first kappa shape index (κ1) is 12.8. The lowest BCUT2D eigenvalue weighted by molar-refractivity contribution is -0.115. The average molecular weight is 270 g/mol. The molecule has 1 aliphatic rings. The van der Waals surface area contributed by atoms with Crippen LogP contribution in [0, 0.1) is 12.7 Å². The van der Waals surface area contributed by atoms with Crippen molar-refractivity contribution in [2.75, 3.05) is 5.32 Å². The van der Waals surface area contributed by atoms with Gasteiger partial charge in [-0.3, -0.25) is 4.79 Å². The second kappa shape index (κ2) is 4.72. The van der Waals surface area contributed by atoms with Crippen LogP contribution in [0.25, 0.3) is 0 Å². The molecule has 1 heterocycles. The van der Waals surface area contributed by atoms with Crippen LogP contribution in [0.15, 0.2) is 36.4 Å². The number of hydrogen-bond donors (Lipinski definition) is 2. The molecule has 1 amide bonds. The highest BCUT2D eigenvalue weighted by Crippen LogP contribution is 2.28. The molecule has 3 rings (SSSR count). The number of carbonyl (C=O) groups is 1. The summed E-state index contributed by atoms with van der Waals surface area (Å²) in [5.41, 5.74) is 10.4. The predicted molar refractivity (Wildman–Crippen MR) is 75.9 cm³/mol. The minimum atomic E-state index is -0.398. The van der Waals surface area contributed by atoms with Gasteiger partial charge in [-0.05, 0) is 47.4 Å². The maximum Gasteiger partial charge on any atom is 0.228 e. The molecule has 1 atom stereocenters. The van der Waals surface area contributed by atoms with Crippen LogP contribution in [0.4, 0.5) is 10.1 Å². The molecule has 3 nitrogen and oxygen atoms in total. The van der Waals surface area contributed by atoms with Crippen molar-refractivity contribution in [3.8, 4) is 0 Å². The van der Waals surface area contributed by atoms with E-state index in [2.05, 4.69) is 5.32 Å². The SMILES string of the molecule is Cc1cc(F)cc(C(N)c2ccc3c(c2)CC(=O)N3)c1. The number of carbonyl (C=O) groups excluding carboxylic acids is 1. The maximum absolute atomic E-state index is 13.5. The highest BCUT2D eigenvalue weighted by molar-refractivity contribution is 5.99. The number of anilines is 1. The molecule has 2 aromatic carbocycles. The summed E-state index contributed by atoms with van der Waals surface area (Å²) in [5, 5.41) is 2.78. The van der Waals surface area contributed by atoms with Gasteiger partial charge in [-0.15, -0.1) is 0 Å². The zero-order chi connectivity index (χ0) is 14.3. The van der Waals surface area contributed by atoms with Crippen LogP contribution in [-0.2, 0) is 11.2 Å². The topological polar surface area (TPSA) is 55.1 Å². The number of aryl methyl sites for hydroxylation is 1. The molecule has 1 unspecified atom stereocenters. The van der Waals surface area contributed by atoms with Gasteiger partial charge in [-0.25, -0.2) is 4.39 Å². The lowest BCUT2D eigenvalue weighted by Crippen LogP contribution is -2.12. The summed E-state index contributed by atoms with van der Waals surface area (Å²) in [4.78, 5) is 11.3. The second-order valence-electron chi connectivity index (χ2n) is 5.18. The van der Waals surface area contributed by atoms with E-state index in [9.17, 15) is 9.18 Å². The van der Waals surface area contributed by atoms with Crippen molar-refractivity contribution in [2.45, 2.75) is 19.4 Å². The van der Waals surface area contributed by atoms with Crippen LogP contribution in [0.3, 0.4) is 0 Å². The summed E-state index contributed by atoms with van der Waals surface area (Å²) in [6, 6.07) is 10.0. The first-order valence-corrected chi connectivity index (χ1v) is 6.48. The molecule has 102 valence electrons. The number of amides is 1. The van der Waals surface area contributed by atoms with Crippen molar-refractivity contribution in [3.05, 3.63) is 64.5 Å². The first-order valence-electron chi connectivity index (χ1n) is 6.48. The van der Waals surface area contributed by atoms with Gasteiger partial charge in [-0.1, -0.05) is 18.2 Å². The molecule has 0 saturated heterocycles. The van der Waals surface area contributed by atoms with Crippen molar-refractivity contribution in [1.29, 1.82) is 0 Å². The average Bonchev–Trinajstić information content (AvgIpc) is 2.75. The van der Waals surface area contributed by atoms with Gasteiger partial charge in [0.05, 0.1) is 12.5 Å². The summed E-state index contributed by atoms with van der Waals surface area (Å²) in [6.45, 7) is 1.84. The molecule has 0 saturated carbocycles. The maximum atomic E-state index is 13.5. The fourth-order valence-electron chi connectivity index (χ4n) is 2.58. The molecule has 0 radical (unpaired) electrons. The summed E-state index contributed by atoms with van der Waals surface area (Å²) < 4.78 is 13.5. The molecular formula is C16H15FN2O. The van der Waals surface area contributed by atoms with E-state index in [4.69, 9.17) is 5.73 Å². The number of rotatable bonds is 2. The van der Waals surface area contributed by atoms with E-state index in [1.165, 1.54) is 12.1 Å². The predicted octanol–water partition coefficient (Wildman–Crippen LogP) is 2.68. The Morgan fingerprint density at radius 2 is 2.00 bits per heavy atom. The Labute approximate surface area is 116 Å². The van der Waals surface area contributed by atoms with E-state index in [1.807, 2.05) is 31.2 Å². The fourth-order valence-corrected chi connectivity index (χ4v) is 2.58. The molecule has 0 fully saturated rings. The molecule has 4 heteroatoms. The molecule has 0 spiro atoms. The van der Waals surface area contributed by atoms with Gasteiger partial charge in [0, 0.05) is 5.69 Å². The first-order chi connectivity index (χ1) is 9.52. The Kier molecular flexibility index (Phi) is 3.03.